The second-order valence-corrected chi connectivity index (χ2v) is 6.56. The minimum Gasteiger partial charge on any atom is -0.504 e. The summed E-state index contributed by atoms with van der Waals surface area (Å²) in [6.07, 6.45) is 0.756. The van der Waals surface area contributed by atoms with Gasteiger partial charge in [0.05, 0.1) is 11.6 Å². The largest absolute Gasteiger partial charge is 0.504 e. The second kappa shape index (κ2) is 6.55. The van der Waals surface area contributed by atoms with Crippen molar-refractivity contribution in [2.45, 2.75) is 19.0 Å². The molecule has 0 bridgehead atoms. The lowest BCUT2D eigenvalue weighted by Gasteiger charge is -2.27. The number of nitrogens with one attached hydrogen (secondary N) is 1. The van der Waals surface area contributed by atoms with Crippen LogP contribution in [0.5, 0.6) is 11.5 Å². The fourth-order valence-corrected chi connectivity index (χ4v) is 3.46. The molecule has 4 nitrogen and oxygen atoms in total. The van der Waals surface area contributed by atoms with E-state index in [1.54, 1.807) is 18.2 Å². The van der Waals surface area contributed by atoms with Gasteiger partial charge in [0.15, 0.2) is 11.5 Å². The van der Waals surface area contributed by atoms with Crippen molar-refractivity contribution < 1.29 is 10.2 Å². The van der Waals surface area contributed by atoms with E-state index in [1.807, 2.05) is 18.2 Å². The van der Waals surface area contributed by atoms with Gasteiger partial charge in [0.25, 0.3) is 0 Å². The maximum atomic E-state index is 9.74. The summed E-state index contributed by atoms with van der Waals surface area (Å²) < 4.78 is 0. The molecule has 0 radical (unpaired) electrons. The summed E-state index contributed by atoms with van der Waals surface area (Å²) in [4.78, 5) is 0. The highest BCUT2D eigenvalue weighted by atomic mass is 16.3. The average molecular weight is 342 g/mol. The van der Waals surface area contributed by atoms with Crippen LogP contribution in [0.1, 0.15) is 28.3 Å². The van der Waals surface area contributed by atoms with Crippen LogP contribution in [-0.2, 0) is 13.0 Å². The highest BCUT2D eigenvalue weighted by Crippen LogP contribution is 2.34. The highest BCUT2D eigenvalue weighted by molar-refractivity contribution is 5.65. The number of hydrogen-bond acceptors (Lipinski definition) is 4. The zero-order valence-corrected chi connectivity index (χ0v) is 14.1. The Morgan fingerprint density at radius 3 is 2.35 bits per heavy atom. The van der Waals surface area contributed by atoms with Crippen molar-refractivity contribution in [3.05, 3.63) is 82.9 Å². The van der Waals surface area contributed by atoms with E-state index in [1.165, 1.54) is 5.56 Å². The fourth-order valence-electron chi connectivity index (χ4n) is 3.46. The molecular formula is C22H18N2O2. The highest BCUT2D eigenvalue weighted by Gasteiger charge is 2.21. The molecule has 3 N–H and O–H groups in total. The smallest absolute Gasteiger partial charge is 0.157 e. The summed E-state index contributed by atoms with van der Waals surface area (Å²) in [5.74, 6) is -0.148. The summed E-state index contributed by atoms with van der Waals surface area (Å²) in [5.41, 5.74) is 5.99. The summed E-state index contributed by atoms with van der Waals surface area (Å²) in [7, 11) is 0. The SMILES string of the molecule is N#Cc1cccc(-c2ccc(C3Cc4cc(O)c(O)cc4CN3)cc2)c1. The van der Waals surface area contributed by atoms with Crippen LogP contribution < -0.4 is 5.32 Å². The van der Waals surface area contributed by atoms with Crippen LogP contribution in [0.15, 0.2) is 60.7 Å². The molecule has 1 atom stereocenters. The molecule has 0 spiro atoms. The third-order valence-electron chi connectivity index (χ3n) is 4.90. The third-order valence-corrected chi connectivity index (χ3v) is 4.90. The molecule has 1 unspecified atom stereocenters. The van der Waals surface area contributed by atoms with E-state index in [2.05, 4.69) is 35.7 Å². The lowest BCUT2D eigenvalue weighted by molar-refractivity contribution is 0.399. The van der Waals surface area contributed by atoms with Crippen LogP contribution in [0.25, 0.3) is 11.1 Å². The van der Waals surface area contributed by atoms with E-state index < -0.39 is 0 Å². The van der Waals surface area contributed by atoms with Crippen molar-refractivity contribution in [2.75, 3.05) is 0 Å². The van der Waals surface area contributed by atoms with E-state index in [9.17, 15) is 10.2 Å². The second-order valence-electron chi connectivity index (χ2n) is 6.56. The number of fused-ring (bicyclic) bond motifs is 1. The topological polar surface area (TPSA) is 76.3 Å². The molecular weight excluding hydrogens is 324 g/mol. The van der Waals surface area contributed by atoms with Gasteiger partial charge in [-0.05, 0) is 58.5 Å². The van der Waals surface area contributed by atoms with Crippen molar-refractivity contribution in [3.63, 3.8) is 0 Å². The summed E-state index contributed by atoms with van der Waals surface area (Å²) in [5, 5.41) is 31.9. The van der Waals surface area contributed by atoms with Gasteiger partial charge in [0.2, 0.25) is 0 Å². The number of phenolic OH excluding ortho intramolecular Hbond substituents is 2. The monoisotopic (exact) mass is 342 g/mol. The minimum atomic E-state index is -0.0760. The first-order valence-electron chi connectivity index (χ1n) is 8.51. The van der Waals surface area contributed by atoms with Crippen molar-refractivity contribution in [1.29, 1.82) is 5.26 Å². The van der Waals surface area contributed by atoms with Gasteiger partial charge in [-0.15, -0.1) is 0 Å². The van der Waals surface area contributed by atoms with Gasteiger partial charge < -0.3 is 15.5 Å². The van der Waals surface area contributed by atoms with Gasteiger partial charge >= 0.3 is 0 Å². The van der Waals surface area contributed by atoms with Crippen LogP contribution >= 0.6 is 0 Å². The van der Waals surface area contributed by atoms with Crippen LogP contribution in [0, 0.1) is 11.3 Å². The van der Waals surface area contributed by atoms with Gasteiger partial charge in [0, 0.05) is 12.6 Å². The molecule has 1 aliphatic rings. The Morgan fingerprint density at radius 1 is 0.885 bits per heavy atom. The number of rotatable bonds is 2. The normalized spacial score (nSPS) is 15.9. The Bertz CT molecular complexity index is 1000. The lowest BCUT2D eigenvalue weighted by Crippen LogP contribution is -2.28. The standard InChI is InChI=1S/C22H18N2O2/c23-12-14-2-1-3-17(8-14)15-4-6-16(7-5-15)20-9-18-10-21(25)22(26)11-19(18)13-24-20/h1-8,10-11,20,24-26H,9,13H2. The molecule has 3 aromatic rings. The Morgan fingerprint density at radius 2 is 1.62 bits per heavy atom. The number of hydrogen-bond donors (Lipinski definition) is 3. The summed E-state index contributed by atoms with van der Waals surface area (Å²) in [6, 6.07) is 21.5. The Balaban J connectivity index is 1.57. The van der Waals surface area contributed by atoms with Crippen molar-refractivity contribution in [2.24, 2.45) is 0 Å². The first-order valence-corrected chi connectivity index (χ1v) is 8.51. The lowest BCUT2D eigenvalue weighted by atomic mass is 9.90. The van der Waals surface area contributed by atoms with Crippen LogP contribution in [0.3, 0.4) is 0 Å². The number of aromatic hydroxyl groups is 2. The number of phenols is 2. The predicted octanol–water partition coefficient (Wildman–Crippen LogP) is 4.02. The molecule has 0 fully saturated rings. The number of benzene rings is 3. The van der Waals surface area contributed by atoms with E-state index in [4.69, 9.17) is 5.26 Å². The minimum absolute atomic E-state index is 0.0721. The zero-order chi connectivity index (χ0) is 18.1. The quantitative estimate of drug-likeness (QED) is 0.615. The van der Waals surface area contributed by atoms with Crippen LogP contribution in [0.2, 0.25) is 0 Å². The van der Waals surface area contributed by atoms with E-state index in [-0.39, 0.29) is 17.5 Å². The molecule has 0 amide bonds. The molecule has 128 valence electrons. The van der Waals surface area contributed by atoms with Gasteiger partial charge in [-0.2, -0.15) is 5.26 Å². The predicted molar refractivity (Wildman–Crippen MR) is 99.6 cm³/mol. The van der Waals surface area contributed by atoms with Crippen LogP contribution in [0.4, 0.5) is 0 Å². The molecule has 0 saturated carbocycles. The molecule has 1 heterocycles. The maximum absolute atomic E-state index is 9.74. The maximum Gasteiger partial charge on any atom is 0.157 e. The molecule has 1 aliphatic heterocycles. The summed E-state index contributed by atoms with van der Waals surface area (Å²) in [6.45, 7) is 0.653. The van der Waals surface area contributed by atoms with Crippen molar-refractivity contribution in [3.8, 4) is 28.7 Å². The van der Waals surface area contributed by atoms with Gasteiger partial charge in [-0.3, -0.25) is 0 Å². The fraction of sp³-hybridized carbons (Fsp3) is 0.136. The summed E-state index contributed by atoms with van der Waals surface area (Å²) >= 11 is 0. The molecule has 4 heteroatoms. The van der Waals surface area contributed by atoms with Crippen molar-refractivity contribution in [1.82, 2.24) is 5.32 Å². The first-order chi connectivity index (χ1) is 12.6. The molecule has 4 rings (SSSR count). The zero-order valence-electron chi connectivity index (χ0n) is 14.1. The Kier molecular flexibility index (Phi) is 4.08. The molecule has 0 aromatic heterocycles. The molecule has 0 aliphatic carbocycles. The molecule has 0 saturated heterocycles. The molecule has 3 aromatic carbocycles. The van der Waals surface area contributed by atoms with E-state index in [0.29, 0.717) is 12.1 Å². The third kappa shape index (κ3) is 3.01. The van der Waals surface area contributed by atoms with Gasteiger partial charge in [-0.25, -0.2) is 0 Å². The van der Waals surface area contributed by atoms with Gasteiger partial charge in [-0.1, -0.05) is 36.4 Å². The van der Waals surface area contributed by atoms with Crippen molar-refractivity contribution >= 4 is 0 Å². The first kappa shape index (κ1) is 16.2. The average Bonchev–Trinajstić information content (AvgIpc) is 2.69. The Labute approximate surface area is 152 Å². The van der Waals surface area contributed by atoms with Crippen LogP contribution in [-0.4, -0.2) is 10.2 Å². The van der Waals surface area contributed by atoms with E-state index in [0.717, 1.165) is 28.7 Å². The molecule has 26 heavy (non-hydrogen) atoms. The number of nitrogens with zero attached hydrogens (tertiary/aromatic N) is 1. The van der Waals surface area contributed by atoms with Gasteiger partial charge in [0.1, 0.15) is 0 Å². The van der Waals surface area contributed by atoms with E-state index >= 15 is 0 Å². The Hall–Kier alpha value is -3.29. The number of nitriles is 1.